The molecule has 1 aromatic heterocycles. The van der Waals surface area contributed by atoms with Crippen molar-refractivity contribution in [2.24, 2.45) is 5.92 Å². The van der Waals surface area contributed by atoms with E-state index in [9.17, 15) is 4.39 Å². The van der Waals surface area contributed by atoms with Crippen LogP contribution >= 0.6 is 0 Å². The number of hydrogen-bond donors (Lipinski definition) is 1. The zero-order valence-electron chi connectivity index (χ0n) is 21.7. The molecule has 0 aliphatic carbocycles. The van der Waals surface area contributed by atoms with E-state index in [1.807, 2.05) is 0 Å². The molecule has 4 nitrogen and oxygen atoms in total. The van der Waals surface area contributed by atoms with Gasteiger partial charge in [-0.15, -0.1) is 0 Å². The molecule has 0 amide bonds. The van der Waals surface area contributed by atoms with Gasteiger partial charge in [0.2, 0.25) is 0 Å². The maximum absolute atomic E-state index is 14.9. The lowest BCUT2D eigenvalue weighted by Gasteiger charge is -2.43. The fourth-order valence-electron chi connectivity index (χ4n) is 6.03. The van der Waals surface area contributed by atoms with E-state index in [0.717, 1.165) is 30.1 Å². The van der Waals surface area contributed by atoms with E-state index in [4.69, 9.17) is 4.74 Å². The summed E-state index contributed by atoms with van der Waals surface area (Å²) >= 11 is 0. The van der Waals surface area contributed by atoms with Crippen molar-refractivity contribution in [2.75, 3.05) is 32.8 Å². The van der Waals surface area contributed by atoms with Crippen LogP contribution in [0.25, 0.3) is 10.9 Å². The van der Waals surface area contributed by atoms with Gasteiger partial charge in [-0.1, -0.05) is 43.7 Å². The maximum atomic E-state index is 14.9. The minimum Gasteiger partial charge on any atom is -0.492 e. The van der Waals surface area contributed by atoms with Gasteiger partial charge in [0.1, 0.15) is 18.0 Å². The zero-order chi connectivity index (χ0) is 24.6. The fraction of sp³-hybridized carbons (Fsp3) is 0.533. The SMILES string of the molecule is CC[C@@H]1CCN(CCOc2ccc([C@@H]3c4[nH]c5ccccc5c4C[C@@H](C)N3CC(C)(C)F)cc2)C1. The van der Waals surface area contributed by atoms with Crippen molar-refractivity contribution in [3.05, 3.63) is 65.4 Å². The minimum absolute atomic E-state index is 0.0131. The number of ether oxygens (including phenoxy) is 1. The highest BCUT2D eigenvalue weighted by Crippen LogP contribution is 2.41. The Morgan fingerprint density at radius 2 is 1.89 bits per heavy atom. The Hall–Kier alpha value is -2.37. The number of rotatable bonds is 8. The van der Waals surface area contributed by atoms with E-state index in [2.05, 4.69) is 77.2 Å². The molecule has 0 bridgehead atoms. The van der Waals surface area contributed by atoms with Gasteiger partial charge in [-0.25, -0.2) is 4.39 Å². The number of halogens is 1. The fourth-order valence-corrected chi connectivity index (χ4v) is 6.03. The van der Waals surface area contributed by atoms with Gasteiger partial charge >= 0.3 is 0 Å². The Bertz CT molecular complexity index is 1130. The quantitative estimate of drug-likeness (QED) is 0.409. The summed E-state index contributed by atoms with van der Waals surface area (Å²) in [5, 5.41) is 1.28. The number of nitrogens with one attached hydrogen (secondary N) is 1. The van der Waals surface area contributed by atoms with Gasteiger partial charge in [0.05, 0.1) is 6.04 Å². The van der Waals surface area contributed by atoms with Crippen LogP contribution in [0.5, 0.6) is 5.75 Å². The normalized spacial score (nSPS) is 23.6. The van der Waals surface area contributed by atoms with Crippen LogP contribution in [0.4, 0.5) is 4.39 Å². The lowest BCUT2D eigenvalue weighted by Crippen LogP contribution is -2.47. The summed E-state index contributed by atoms with van der Waals surface area (Å²) in [4.78, 5) is 8.53. The third kappa shape index (κ3) is 5.26. The second kappa shape index (κ2) is 9.94. The molecule has 1 N–H and O–H groups in total. The van der Waals surface area contributed by atoms with Crippen molar-refractivity contribution in [3.8, 4) is 5.75 Å². The van der Waals surface area contributed by atoms with E-state index >= 15 is 0 Å². The standard InChI is InChI=1S/C30H40FN3O/c1-5-22-14-15-33(19-22)16-17-35-24-12-10-23(11-13-24)29-28-26(25-8-6-7-9-27(25)32-28)18-21(2)34(29)20-30(3,4)31/h6-13,21-22,29,32H,5,14-20H2,1-4H3/t21-,22-,29-/m1/s1. The molecule has 35 heavy (non-hydrogen) atoms. The average molecular weight is 478 g/mol. The highest BCUT2D eigenvalue weighted by atomic mass is 19.1. The molecule has 2 aliphatic heterocycles. The molecular formula is C30H40FN3O. The van der Waals surface area contributed by atoms with Crippen LogP contribution in [-0.2, 0) is 6.42 Å². The molecule has 0 radical (unpaired) electrons. The molecule has 0 unspecified atom stereocenters. The first-order valence-corrected chi connectivity index (χ1v) is 13.3. The van der Waals surface area contributed by atoms with E-state index in [1.165, 1.54) is 48.1 Å². The predicted octanol–water partition coefficient (Wildman–Crippen LogP) is 6.36. The van der Waals surface area contributed by atoms with Crippen LogP contribution in [0.3, 0.4) is 0 Å². The molecule has 0 spiro atoms. The molecule has 188 valence electrons. The largest absolute Gasteiger partial charge is 0.492 e. The van der Waals surface area contributed by atoms with Crippen molar-refractivity contribution in [1.82, 2.24) is 14.8 Å². The van der Waals surface area contributed by atoms with Crippen molar-refractivity contribution >= 4 is 10.9 Å². The molecule has 0 saturated carbocycles. The van der Waals surface area contributed by atoms with Crippen molar-refractivity contribution < 1.29 is 9.13 Å². The molecule has 2 aromatic carbocycles. The lowest BCUT2D eigenvalue weighted by molar-refractivity contribution is 0.0667. The molecule has 3 heterocycles. The third-order valence-electron chi connectivity index (χ3n) is 7.90. The smallest absolute Gasteiger partial charge is 0.119 e. The van der Waals surface area contributed by atoms with Gasteiger partial charge in [-0.05, 0) is 75.4 Å². The Balaban J connectivity index is 1.37. The van der Waals surface area contributed by atoms with Crippen LogP contribution in [0.1, 0.15) is 63.4 Å². The van der Waals surface area contributed by atoms with E-state index in [1.54, 1.807) is 13.8 Å². The van der Waals surface area contributed by atoms with Crippen LogP contribution in [0, 0.1) is 5.92 Å². The Labute approximate surface area is 209 Å². The molecule has 3 atom stereocenters. The average Bonchev–Trinajstić information content (AvgIpc) is 3.44. The predicted molar refractivity (Wildman–Crippen MR) is 142 cm³/mol. The number of hydrogen-bond acceptors (Lipinski definition) is 3. The number of para-hydroxylation sites is 1. The van der Waals surface area contributed by atoms with Gasteiger partial charge < -0.3 is 9.72 Å². The molecule has 5 heteroatoms. The molecule has 2 aliphatic rings. The first kappa shape index (κ1) is 24.3. The number of nitrogens with zero attached hydrogens (tertiary/aromatic N) is 2. The number of benzene rings is 2. The highest BCUT2D eigenvalue weighted by molar-refractivity contribution is 5.85. The van der Waals surface area contributed by atoms with Gasteiger partial charge in [0, 0.05) is 42.3 Å². The summed E-state index contributed by atoms with van der Waals surface area (Å²) in [6.07, 6.45) is 3.50. The van der Waals surface area contributed by atoms with Crippen LogP contribution in [-0.4, -0.2) is 59.3 Å². The maximum Gasteiger partial charge on any atom is 0.119 e. The lowest BCUT2D eigenvalue weighted by atomic mass is 9.87. The molecule has 3 aromatic rings. The highest BCUT2D eigenvalue weighted by Gasteiger charge is 2.38. The van der Waals surface area contributed by atoms with Crippen molar-refractivity contribution in [2.45, 2.75) is 64.7 Å². The Morgan fingerprint density at radius 3 is 2.60 bits per heavy atom. The van der Waals surface area contributed by atoms with Gasteiger partial charge in [-0.3, -0.25) is 9.80 Å². The Morgan fingerprint density at radius 1 is 1.11 bits per heavy atom. The number of likely N-dealkylation sites (tertiary alicyclic amines) is 1. The van der Waals surface area contributed by atoms with Crippen molar-refractivity contribution in [1.29, 1.82) is 0 Å². The molecular weight excluding hydrogens is 437 g/mol. The molecule has 1 saturated heterocycles. The number of aromatic nitrogens is 1. The summed E-state index contributed by atoms with van der Waals surface area (Å²) in [6, 6.07) is 17.2. The van der Waals surface area contributed by atoms with Crippen molar-refractivity contribution in [3.63, 3.8) is 0 Å². The third-order valence-corrected chi connectivity index (χ3v) is 7.90. The number of fused-ring (bicyclic) bond motifs is 3. The first-order valence-electron chi connectivity index (χ1n) is 13.3. The number of aromatic amines is 1. The van der Waals surface area contributed by atoms with Gasteiger partial charge in [-0.2, -0.15) is 0 Å². The van der Waals surface area contributed by atoms with E-state index < -0.39 is 5.67 Å². The van der Waals surface area contributed by atoms with E-state index in [0.29, 0.717) is 13.2 Å². The van der Waals surface area contributed by atoms with Crippen LogP contribution in [0.2, 0.25) is 0 Å². The van der Waals surface area contributed by atoms with E-state index in [-0.39, 0.29) is 12.1 Å². The number of H-pyrrole nitrogens is 1. The zero-order valence-corrected chi connectivity index (χ0v) is 21.7. The summed E-state index contributed by atoms with van der Waals surface area (Å²) in [5.74, 6) is 1.75. The summed E-state index contributed by atoms with van der Waals surface area (Å²) in [5.41, 5.74) is 3.62. The first-order chi connectivity index (χ1) is 16.8. The minimum atomic E-state index is -1.27. The second-order valence-corrected chi connectivity index (χ2v) is 11.2. The number of alkyl halides is 1. The summed E-state index contributed by atoms with van der Waals surface area (Å²) < 4.78 is 21.0. The topological polar surface area (TPSA) is 31.5 Å². The summed E-state index contributed by atoms with van der Waals surface area (Å²) in [7, 11) is 0. The second-order valence-electron chi connectivity index (χ2n) is 11.2. The molecule has 5 rings (SSSR count). The summed E-state index contributed by atoms with van der Waals surface area (Å²) in [6.45, 7) is 12.3. The van der Waals surface area contributed by atoms with Gasteiger partial charge in [0.15, 0.2) is 0 Å². The van der Waals surface area contributed by atoms with Crippen LogP contribution in [0.15, 0.2) is 48.5 Å². The monoisotopic (exact) mass is 477 g/mol. The van der Waals surface area contributed by atoms with Crippen LogP contribution < -0.4 is 4.74 Å². The molecule has 1 fully saturated rings. The van der Waals surface area contributed by atoms with Gasteiger partial charge in [0.25, 0.3) is 0 Å². The Kier molecular flexibility index (Phi) is 6.91.